The van der Waals surface area contributed by atoms with Crippen LogP contribution in [0.4, 0.5) is 0 Å². The summed E-state index contributed by atoms with van der Waals surface area (Å²) in [5.74, 6) is 5.16. The molecule has 2 atom stereocenters. The first kappa shape index (κ1) is 12.9. The fraction of sp³-hybridized carbons (Fsp3) is 1.00. The van der Waals surface area contributed by atoms with E-state index in [1.807, 2.05) is 0 Å². The summed E-state index contributed by atoms with van der Waals surface area (Å²) in [5, 5.41) is 7.04. The van der Waals surface area contributed by atoms with Crippen LogP contribution in [0.1, 0.15) is 45.4 Å². The van der Waals surface area contributed by atoms with Crippen LogP contribution in [0.25, 0.3) is 0 Å². The number of piperidine rings is 2. The molecule has 2 heterocycles. The fourth-order valence-corrected chi connectivity index (χ4v) is 5.10. The smallest absolute Gasteiger partial charge is 0.00462 e. The molecule has 3 fully saturated rings. The van der Waals surface area contributed by atoms with Crippen molar-refractivity contribution in [2.45, 2.75) is 45.4 Å². The van der Waals surface area contributed by atoms with Crippen molar-refractivity contribution >= 4 is 0 Å². The average Bonchev–Trinajstić information content (AvgIpc) is 2.83. The van der Waals surface area contributed by atoms with Gasteiger partial charge in [0, 0.05) is 0 Å². The molecule has 18 heavy (non-hydrogen) atoms. The average molecular weight is 250 g/mol. The van der Waals surface area contributed by atoms with Crippen molar-refractivity contribution in [1.29, 1.82) is 0 Å². The maximum Gasteiger partial charge on any atom is -0.00462 e. The van der Waals surface area contributed by atoms with E-state index in [9.17, 15) is 0 Å². The van der Waals surface area contributed by atoms with Crippen LogP contribution in [-0.2, 0) is 0 Å². The standard InChI is InChI=1S/C16H30N2/c1-12-15(13-4-8-17-9-5-13)2-3-16(12)14-6-10-18-11-7-14/h12-18H,2-11H2,1H3. The summed E-state index contributed by atoms with van der Waals surface area (Å²) < 4.78 is 0. The number of hydrogen-bond donors (Lipinski definition) is 2. The number of hydrogen-bond acceptors (Lipinski definition) is 2. The van der Waals surface area contributed by atoms with Crippen molar-refractivity contribution in [3.63, 3.8) is 0 Å². The molecule has 2 nitrogen and oxygen atoms in total. The molecule has 2 unspecified atom stereocenters. The van der Waals surface area contributed by atoms with Crippen LogP contribution < -0.4 is 10.6 Å². The molecule has 1 saturated carbocycles. The molecule has 0 aromatic rings. The van der Waals surface area contributed by atoms with E-state index in [-0.39, 0.29) is 0 Å². The Bertz CT molecular complexity index is 228. The number of nitrogens with one attached hydrogen (secondary N) is 2. The second-order valence-electron chi connectivity index (χ2n) is 6.94. The summed E-state index contributed by atoms with van der Waals surface area (Å²) in [4.78, 5) is 0. The molecule has 0 bridgehead atoms. The van der Waals surface area contributed by atoms with E-state index in [0.717, 1.165) is 29.6 Å². The normalized spacial score (nSPS) is 40.2. The summed E-state index contributed by atoms with van der Waals surface area (Å²) in [6.07, 6.45) is 8.81. The first-order valence-electron chi connectivity index (χ1n) is 8.27. The second-order valence-corrected chi connectivity index (χ2v) is 6.94. The maximum absolute atomic E-state index is 3.52. The van der Waals surface area contributed by atoms with E-state index < -0.39 is 0 Å². The third kappa shape index (κ3) is 2.60. The molecule has 104 valence electrons. The number of rotatable bonds is 2. The van der Waals surface area contributed by atoms with Crippen LogP contribution >= 0.6 is 0 Å². The fourth-order valence-electron chi connectivity index (χ4n) is 5.10. The molecule has 1 aliphatic carbocycles. The van der Waals surface area contributed by atoms with E-state index >= 15 is 0 Å². The SMILES string of the molecule is CC1C(C2CCNCC2)CCC1C1CCNCC1. The Labute approximate surface area is 112 Å². The molecule has 0 spiro atoms. The molecule has 0 amide bonds. The Balaban J connectivity index is 1.58. The second kappa shape index (κ2) is 5.92. The largest absolute Gasteiger partial charge is 0.317 e. The Morgan fingerprint density at radius 3 is 1.39 bits per heavy atom. The highest BCUT2D eigenvalue weighted by Gasteiger charge is 2.40. The maximum atomic E-state index is 3.52. The minimum Gasteiger partial charge on any atom is -0.317 e. The zero-order valence-corrected chi connectivity index (χ0v) is 12.0. The molecule has 2 saturated heterocycles. The van der Waals surface area contributed by atoms with Gasteiger partial charge in [-0.05, 0) is 94.3 Å². The molecule has 0 radical (unpaired) electrons. The van der Waals surface area contributed by atoms with E-state index in [2.05, 4.69) is 17.6 Å². The van der Waals surface area contributed by atoms with Crippen molar-refractivity contribution < 1.29 is 0 Å². The van der Waals surface area contributed by atoms with Crippen molar-refractivity contribution in [1.82, 2.24) is 10.6 Å². The highest BCUT2D eigenvalue weighted by atomic mass is 14.9. The molecule has 0 aromatic carbocycles. The van der Waals surface area contributed by atoms with Gasteiger partial charge in [-0.1, -0.05) is 6.92 Å². The first-order valence-corrected chi connectivity index (χ1v) is 8.27. The predicted octanol–water partition coefficient (Wildman–Crippen LogP) is 2.65. The van der Waals surface area contributed by atoms with Gasteiger partial charge < -0.3 is 10.6 Å². The van der Waals surface area contributed by atoms with Crippen LogP contribution in [0.5, 0.6) is 0 Å². The van der Waals surface area contributed by atoms with E-state index in [1.165, 1.54) is 64.7 Å². The quantitative estimate of drug-likeness (QED) is 0.787. The topological polar surface area (TPSA) is 24.1 Å². The van der Waals surface area contributed by atoms with Gasteiger partial charge in [0.25, 0.3) is 0 Å². The van der Waals surface area contributed by atoms with Gasteiger partial charge in [-0.3, -0.25) is 0 Å². The summed E-state index contributed by atoms with van der Waals surface area (Å²) in [5.41, 5.74) is 0. The molecule has 2 N–H and O–H groups in total. The van der Waals surface area contributed by atoms with Crippen molar-refractivity contribution in [2.75, 3.05) is 26.2 Å². The third-order valence-corrected chi connectivity index (χ3v) is 6.16. The van der Waals surface area contributed by atoms with Crippen LogP contribution in [0.2, 0.25) is 0 Å². The Morgan fingerprint density at radius 1 is 0.611 bits per heavy atom. The zero-order valence-electron chi connectivity index (χ0n) is 12.0. The lowest BCUT2D eigenvalue weighted by Crippen LogP contribution is -2.35. The molecule has 3 rings (SSSR count). The van der Waals surface area contributed by atoms with Gasteiger partial charge in [-0.25, -0.2) is 0 Å². The highest BCUT2D eigenvalue weighted by Crippen LogP contribution is 2.48. The molecular formula is C16H30N2. The Kier molecular flexibility index (Phi) is 4.25. The van der Waals surface area contributed by atoms with Gasteiger partial charge in [0.1, 0.15) is 0 Å². The van der Waals surface area contributed by atoms with Gasteiger partial charge in [-0.2, -0.15) is 0 Å². The highest BCUT2D eigenvalue weighted by molar-refractivity contribution is 4.91. The van der Waals surface area contributed by atoms with Gasteiger partial charge in [-0.15, -0.1) is 0 Å². The molecular weight excluding hydrogens is 220 g/mol. The minimum absolute atomic E-state index is 0.996. The summed E-state index contributed by atoms with van der Waals surface area (Å²) in [7, 11) is 0. The van der Waals surface area contributed by atoms with Gasteiger partial charge in [0.2, 0.25) is 0 Å². The molecule has 3 aliphatic rings. The van der Waals surface area contributed by atoms with Gasteiger partial charge >= 0.3 is 0 Å². The lowest BCUT2D eigenvalue weighted by molar-refractivity contribution is 0.158. The summed E-state index contributed by atoms with van der Waals surface area (Å²) in [6, 6.07) is 0. The monoisotopic (exact) mass is 250 g/mol. The molecule has 2 heteroatoms. The van der Waals surface area contributed by atoms with Crippen molar-refractivity contribution in [3.8, 4) is 0 Å². The molecule has 0 aromatic heterocycles. The van der Waals surface area contributed by atoms with Gasteiger partial charge in [0.15, 0.2) is 0 Å². The van der Waals surface area contributed by atoms with Crippen LogP contribution in [0, 0.1) is 29.6 Å². The van der Waals surface area contributed by atoms with E-state index in [4.69, 9.17) is 0 Å². The van der Waals surface area contributed by atoms with Crippen molar-refractivity contribution in [3.05, 3.63) is 0 Å². The van der Waals surface area contributed by atoms with Crippen LogP contribution in [0.15, 0.2) is 0 Å². The Hall–Kier alpha value is -0.0800. The summed E-state index contributed by atoms with van der Waals surface area (Å²) in [6.45, 7) is 7.65. The zero-order chi connectivity index (χ0) is 12.4. The molecule has 2 aliphatic heterocycles. The van der Waals surface area contributed by atoms with Crippen LogP contribution in [-0.4, -0.2) is 26.2 Å². The Morgan fingerprint density at radius 2 is 1.00 bits per heavy atom. The first-order chi connectivity index (χ1) is 8.86. The predicted molar refractivity (Wildman–Crippen MR) is 76.6 cm³/mol. The van der Waals surface area contributed by atoms with E-state index in [1.54, 1.807) is 0 Å². The minimum atomic E-state index is 0.996. The lowest BCUT2D eigenvalue weighted by atomic mass is 9.73. The van der Waals surface area contributed by atoms with Crippen molar-refractivity contribution in [2.24, 2.45) is 29.6 Å². The van der Waals surface area contributed by atoms with Crippen LogP contribution in [0.3, 0.4) is 0 Å². The van der Waals surface area contributed by atoms with E-state index in [0.29, 0.717) is 0 Å². The van der Waals surface area contributed by atoms with Gasteiger partial charge in [0.05, 0.1) is 0 Å². The lowest BCUT2D eigenvalue weighted by Gasteiger charge is -2.35. The third-order valence-electron chi connectivity index (χ3n) is 6.16. The summed E-state index contributed by atoms with van der Waals surface area (Å²) >= 11 is 0.